The Kier molecular flexibility index (Phi) is 8.28. The summed E-state index contributed by atoms with van der Waals surface area (Å²) in [6.07, 6.45) is 6.78. The Labute approximate surface area is 179 Å². The van der Waals surface area contributed by atoms with E-state index in [0.29, 0.717) is 44.9 Å². The quantitative estimate of drug-likeness (QED) is 0.651. The fourth-order valence-electron chi connectivity index (χ4n) is 4.42. The first-order chi connectivity index (χ1) is 14.6. The summed E-state index contributed by atoms with van der Waals surface area (Å²) >= 11 is 0. The van der Waals surface area contributed by atoms with E-state index in [1.165, 1.54) is 0 Å². The van der Waals surface area contributed by atoms with E-state index in [4.69, 9.17) is 4.74 Å². The third kappa shape index (κ3) is 6.06. The number of piperidine rings is 2. The number of ether oxygens (including phenoxy) is 1. The molecule has 3 heterocycles. The van der Waals surface area contributed by atoms with Gasteiger partial charge in [-0.15, -0.1) is 0 Å². The van der Waals surface area contributed by atoms with Crippen molar-refractivity contribution in [2.24, 2.45) is 11.8 Å². The molecule has 0 spiro atoms. The van der Waals surface area contributed by atoms with Crippen LogP contribution in [0.4, 0.5) is 11.6 Å². The molecule has 2 aliphatic heterocycles. The van der Waals surface area contributed by atoms with Gasteiger partial charge in [-0.2, -0.15) is 0 Å². The van der Waals surface area contributed by atoms with E-state index >= 15 is 0 Å². The summed E-state index contributed by atoms with van der Waals surface area (Å²) in [5.74, 6) is 2.35. The van der Waals surface area contributed by atoms with Gasteiger partial charge < -0.3 is 19.9 Å². The van der Waals surface area contributed by atoms with Crippen molar-refractivity contribution in [3.63, 3.8) is 0 Å². The van der Waals surface area contributed by atoms with Crippen LogP contribution in [-0.2, 0) is 14.3 Å². The number of aromatic nitrogens is 2. The van der Waals surface area contributed by atoms with Crippen LogP contribution in [0.1, 0.15) is 52.4 Å². The standard InChI is InChI=1S/C22H35N5O3/c1-3-23-19-14-20(25-16-24-19)27-11-5-6-17(15-27)7-8-21(28)26-12-9-18(10-13-26)22(29)30-4-2/h14,16-18H,3-13,15H2,1-2H3,(H,23,24,25)/t17-/m0/s1. The van der Waals surface area contributed by atoms with Crippen LogP contribution in [-0.4, -0.2) is 66.1 Å². The second kappa shape index (κ2) is 11.1. The summed E-state index contributed by atoms with van der Waals surface area (Å²) < 4.78 is 5.11. The Balaban J connectivity index is 1.44. The van der Waals surface area contributed by atoms with Crippen LogP contribution in [0.2, 0.25) is 0 Å². The van der Waals surface area contributed by atoms with Crippen LogP contribution in [0.25, 0.3) is 0 Å². The van der Waals surface area contributed by atoms with E-state index in [2.05, 4.69) is 27.1 Å². The predicted octanol–water partition coefficient (Wildman–Crippen LogP) is 2.71. The zero-order valence-corrected chi connectivity index (χ0v) is 18.3. The second-order valence-electron chi connectivity index (χ2n) is 8.19. The van der Waals surface area contributed by atoms with Crippen LogP contribution in [0.15, 0.2) is 12.4 Å². The molecule has 3 rings (SSSR count). The molecule has 0 bridgehead atoms. The zero-order valence-electron chi connectivity index (χ0n) is 18.3. The highest BCUT2D eigenvalue weighted by Gasteiger charge is 2.29. The van der Waals surface area contributed by atoms with Gasteiger partial charge in [0.1, 0.15) is 18.0 Å². The maximum Gasteiger partial charge on any atom is 0.309 e. The van der Waals surface area contributed by atoms with Crippen LogP contribution in [0.5, 0.6) is 0 Å². The van der Waals surface area contributed by atoms with Gasteiger partial charge in [0.25, 0.3) is 0 Å². The van der Waals surface area contributed by atoms with E-state index in [0.717, 1.165) is 50.5 Å². The molecule has 0 aromatic carbocycles. The maximum absolute atomic E-state index is 12.7. The first-order valence-corrected chi connectivity index (χ1v) is 11.4. The Morgan fingerprint density at radius 3 is 2.70 bits per heavy atom. The first-order valence-electron chi connectivity index (χ1n) is 11.4. The number of hydrogen-bond acceptors (Lipinski definition) is 7. The molecule has 2 saturated heterocycles. The number of rotatable bonds is 8. The minimum Gasteiger partial charge on any atom is -0.466 e. The molecule has 166 valence electrons. The fraction of sp³-hybridized carbons (Fsp3) is 0.727. The lowest BCUT2D eigenvalue weighted by Gasteiger charge is -2.34. The van der Waals surface area contributed by atoms with E-state index in [1.807, 2.05) is 17.9 Å². The molecule has 8 nitrogen and oxygen atoms in total. The van der Waals surface area contributed by atoms with Crippen molar-refractivity contribution < 1.29 is 14.3 Å². The van der Waals surface area contributed by atoms with Gasteiger partial charge in [0.2, 0.25) is 5.91 Å². The van der Waals surface area contributed by atoms with Crippen molar-refractivity contribution in [3.05, 3.63) is 12.4 Å². The molecule has 0 saturated carbocycles. The number of hydrogen-bond donors (Lipinski definition) is 1. The largest absolute Gasteiger partial charge is 0.466 e. The molecule has 0 aliphatic carbocycles. The highest BCUT2D eigenvalue weighted by Crippen LogP contribution is 2.26. The molecule has 2 fully saturated rings. The fourth-order valence-corrected chi connectivity index (χ4v) is 4.42. The number of carbonyl (C=O) groups excluding carboxylic acids is 2. The number of carbonyl (C=O) groups is 2. The van der Waals surface area contributed by atoms with E-state index < -0.39 is 0 Å². The summed E-state index contributed by atoms with van der Waals surface area (Å²) in [6, 6.07) is 2.00. The monoisotopic (exact) mass is 417 g/mol. The lowest BCUT2D eigenvalue weighted by atomic mass is 9.92. The summed E-state index contributed by atoms with van der Waals surface area (Å²) in [5.41, 5.74) is 0. The second-order valence-corrected chi connectivity index (χ2v) is 8.19. The number of likely N-dealkylation sites (tertiary alicyclic amines) is 1. The molecule has 1 aromatic heterocycles. The highest BCUT2D eigenvalue weighted by atomic mass is 16.5. The Hall–Kier alpha value is -2.38. The normalized spacial score (nSPS) is 20.1. The number of nitrogens with one attached hydrogen (secondary N) is 1. The van der Waals surface area contributed by atoms with Crippen molar-refractivity contribution in [1.82, 2.24) is 14.9 Å². The molecule has 1 amide bonds. The molecular formula is C22H35N5O3. The van der Waals surface area contributed by atoms with Crippen molar-refractivity contribution >= 4 is 23.5 Å². The van der Waals surface area contributed by atoms with Crippen molar-refractivity contribution in [2.45, 2.75) is 52.4 Å². The number of esters is 1. The van der Waals surface area contributed by atoms with Crippen LogP contribution < -0.4 is 10.2 Å². The van der Waals surface area contributed by atoms with E-state index in [-0.39, 0.29) is 17.8 Å². The molecule has 2 aliphatic rings. The van der Waals surface area contributed by atoms with Crippen molar-refractivity contribution in [3.8, 4) is 0 Å². The number of anilines is 2. The number of nitrogens with zero attached hydrogens (tertiary/aromatic N) is 4. The van der Waals surface area contributed by atoms with Crippen LogP contribution in [0, 0.1) is 11.8 Å². The van der Waals surface area contributed by atoms with Gasteiger partial charge >= 0.3 is 5.97 Å². The zero-order chi connectivity index (χ0) is 21.3. The molecular weight excluding hydrogens is 382 g/mol. The molecule has 8 heteroatoms. The Morgan fingerprint density at radius 1 is 1.17 bits per heavy atom. The topological polar surface area (TPSA) is 87.7 Å². The van der Waals surface area contributed by atoms with Crippen molar-refractivity contribution in [1.29, 1.82) is 0 Å². The summed E-state index contributed by atoms with van der Waals surface area (Å²) in [4.78, 5) is 37.5. The maximum atomic E-state index is 12.7. The smallest absolute Gasteiger partial charge is 0.309 e. The van der Waals surface area contributed by atoms with Gasteiger partial charge in [0, 0.05) is 45.2 Å². The minimum absolute atomic E-state index is 0.0548. The average Bonchev–Trinajstić information content (AvgIpc) is 2.78. The highest BCUT2D eigenvalue weighted by molar-refractivity contribution is 5.77. The van der Waals surface area contributed by atoms with E-state index in [9.17, 15) is 9.59 Å². The molecule has 0 unspecified atom stereocenters. The van der Waals surface area contributed by atoms with Crippen LogP contribution in [0.3, 0.4) is 0 Å². The van der Waals surface area contributed by atoms with E-state index in [1.54, 1.807) is 6.33 Å². The lowest BCUT2D eigenvalue weighted by molar-refractivity contribution is -0.151. The SMILES string of the molecule is CCNc1cc(N2CCC[C@@H](CCC(=O)N3CCC(C(=O)OCC)CC3)C2)ncn1. The van der Waals surface area contributed by atoms with Gasteiger partial charge in [0.15, 0.2) is 0 Å². The van der Waals surface area contributed by atoms with Crippen molar-refractivity contribution in [2.75, 3.05) is 49.5 Å². The predicted molar refractivity (Wildman–Crippen MR) is 116 cm³/mol. The number of amides is 1. The summed E-state index contributed by atoms with van der Waals surface area (Å²) in [6.45, 7) is 8.37. The molecule has 1 N–H and O–H groups in total. The molecule has 0 radical (unpaired) electrons. The molecule has 30 heavy (non-hydrogen) atoms. The first kappa shape index (κ1) is 22.3. The lowest BCUT2D eigenvalue weighted by Crippen LogP contribution is -2.41. The van der Waals surface area contributed by atoms with Gasteiger partial charge in [-0.25, -0.2) is 9.97 Å². The minimum atomic E-state index is -0.117. The average molecular weight is 418 g/mol. The molecule has 1 atom stereocenters. The third-order valence-corrected chi connectivity index (χ3v) is 6.09. The van der Waals surface area contributed by atoms with Crippen LogP contribution >= 0.6 is 0 Å². The Bertz CT molecular complexity index is 706. The van der Waals surface area contributed by atoms with Gasteiger partial charge in [0.05, 0.1) is 12.5 Å². The Morgan fingerprint density at radius 2 is 1.97 bits per heavy atom. The van der Waals surface area contributed by atoms with Gasteiger partial charge in [-0.3, -0.25) is 9.59 Å². The third-order valence-electron chi connectivity index (χ3n) is 6.09. The molecule has 1 aromatic rings. The summed E-state index contributed by atoms with van der Waals surface area (Å²) in [7, 11) is 0. The van der Waals surface area contributed by atoms with Gasteiger partial charge in [-0.1, -0.05) is 0 Å². The van der Waals surface area contributed by atoms with Gasteiger partial charge in [-0.05, 0) is 51.9 Å². The summed E-state index contributed by atoms with van der Waals surface area (Å²) in [5, 5.41) is 3.23.